The Kier molecular flexibility index (Phi) is 19.5. The predicted octanol–water partition coefficient (Wildman–Crippen LogP) is 3.93. The second-order valence-electron chi connectivity index (χ2n) is 6.08. The maximum Gasteiger partial charge on any atom is 0.0558 e. The molecule has 0 saturated heterocycles. The van der Waals surface area contributed by atoms with Gasteiger partial charge >= 0.3 is 0 Å². The molecular weight excluding hydrogens is 294 g/mol. The van der Waals surface area contributed by atoms with E-state index >= 15 is 0 Å². The summed E-state index contributed by atoms with van der Waals surface area (Å²) in [6.45, 7) is 4.98. The van der Waals surface area contributed by atoms with Crippen LogP contribution in [0.15, 0.2) is 0 Å². The van der Waals surface area contributed by atoms with Gasteiger partial charge in [0.15, 0.2) is 0 Å². The molecule has 0 rings (SSSR count). The van der Waals surface area contributed by atoms with Gasteiger partial charge in [0.1, 0.15) is 0 Å². The highest BCUT2D eigenvalue weighted by atomic mass is 32.2. The standard InChI is InChI=1S/C18H39NO2S/c1-2-3-4-5-6-7-8-9-10-11-17-22-18-14-19(12-15-20)13-16-21/h20-21H,2-18H2,1H3. The number of hydrogen-bond acceptors (Lipinski definition) is 4. The molecule has 0 amide bonds. The lowest BCUT2D eigenvalue weighted by atomic mass is 10.1. The highest BCUT2D eigenvalue weighted by Gasteiger charge is 2.02. The van der Waals surface area contributed by atoms with E-state index in [9.17, 15) is 0 Å². The molecule has 0 aliphatic rings. The summed E-state index contributed by atoms with van der Waals surface area (Å²) >= 11 is 2.01. The Hall–Kier alpha value is 0.230. The molecule has 0 fully saturated rings. The van der Waals surface area contributed by atoms with Gasteiger partial charge in [-0.15, -0.1) is 0 Å². The molecule has 0 aromatic heterocycles. The van der Waals surface area contributed by atoms with Crippen molar-refractivity contribution in [3.05, 3.63) is 0 Å². The van der Waals surface area contributed by atoms with Crippen molar-refractivity contribution in [1.29, 1.82) is 0 Å². The van der Waals surface area contributed by atoms with Crippen LogP contribution in [0.3, 0.4) is 0 Å². The summed E-state index contributed by atoms with van der Waals surface area (Å²) in [5, 5.41) is 17.9. The summed E-state index contributed by atoms with van der Waals surface area (Å²) in [7, 11) is 0. The van der Waals surface area contributed by atoms with Crippen LogP contribution in [0.25, 0.3) is 0 Å². The molecule has 2 N–H and O–H groups in total. The van der Waals surface area contributed by atoms with Crippen molar-refractivity contribution in [2.24, 2.45) is 0 Å². The molecule has 4 heteroatoms. The molecule has 22 heavy (non-hydrogen) atoms. The first-order valence-electron chi connectivity index (χ1n) is 9.37. The van der Waals surface area contributed by atoms with E-state index in [1.807, 2.05) is 11.8 Å². The molecule has 0 aromatic carbocycles. The third-order valence-electron chi connectivity index (χ3n) is 4.03. The van der Waals surface area contributed by atoms with Crippen LogP contribution in [0, 0.1) is 0 Å². The van der Waals surface area contributed by atoms with Gasteiger partial charge in [-0.1, -0.05) is 64.7 Å². The van der Waals surface area contributed by atoms with Crippen molar-refractivity contribution in [3.63, 3.8) is 0 Å². The van der Waals surface area contributed by atoms with Gasteiger partial charge in [0.25, 0.3) is 0 Å². The fourth-order valence-corrected chi connectivity index (χ4v) is 3.61. The topological polar surface area (TPSA) is 43.7 Å². The molecule has 0 radical (unpaired) electrons. The highest BCUT2D eigenvalue weighted by molar-refractivity contribution is 7.99. The number of thioether (sulfide) groups is 1. The van der Waals surface area contributed by atoms with Gasteiger partial charge in [-0.3, -0.25) is 4.90 Å². The van der Waals surface area contributed by atoms with Crippen molar-refractivity contribution in [2.45, 2.75) is 71.1 Å². The first-order valence-corrected chi connectivity index (χ1v) is 10.5. The summed E-state index contributed by atoms with van der Waals surface area (Å²) in [4.78, 5) is 2.13. The number of unbranched alkanes of at least 4 members (excludes halogenated alkanes) is 9. The molecule has 0 atom stereocenters. The zero-order valence-corrected chi connectivity index (χ0v) is 15.6. The van der Waals surface area contributed by atoms with Gasteiger partial charge in [0, 0.05) is 25.4 Å². The average molecular weight is 334 g/mol. The zero-order valence-electron chi connectivity index (χ0n) is 14.8. The molecule has 3 nitrogen and oxygen atoms in total. The molecule has 0 saturated carbocycles. The van der Waals surface area contributed by atoms with Gasteiger partial charge in [-0.05, 0) is 12.2 Å². The maximum atomic E-state index is 8.94. The van der Waals surface area contributed by atoms with E-state index in [0.717, 1.165) is 12.3 Å². The van der Waals surface area contributed by atoms with Crippen LogP contribution in [-0.4, -0.2) is 59.5 Å². The Morgan fingerprint density at radius 1 is 0.636 bits per heavy atom. The van der Waals surface area contributed by atoms with E-state index in [1.165, 1.54) is 70.0 Å². The summed E-state index contributed by atoms with van der Waals surface area (Å²) in [5.41, 5.74) is 0. The largest absolute Gasteiger partial charge is 0.395 e. The lowest BCUT2D eigenvalue weighted by Crippen LogP contribution is -2.31. The van der Waals surface area contributed by atoms with Crippen LogP contribution in [-0.2, 0) is 0 Å². The van der Waals surface area contributed by atoms with Gasteiger partial charge in [-0.25, -0.2) is 0 Å². The third-order valence-corrected chi connectivity index (χ3v) is 5.08. The van der Waals surface area contributed by atoms with Crippen LogP contribution >= 0.6 is 11.8 Å². The van der Waals surface area contributed by atoms with Crippen molar-refractivity contribution in [2.75, 3.05) is 44.4 Å². The minimum Gasteiger partial charge on any atom is -0.395 e. The molecule has 0 unspecified atom stereocenters. The second kappa shape index (κ2) is 19.3. The van der Waals surface area contributed by atoms with Crippen molar-refractivity contribution < 1.29 is 10.2 Å². The maximum absolute atomic E-state index is 8.94. The molecule has 134 valence electrons. The van der Waals surface area contributed by atoms with E-state index in [-0.39, 0.29) is 13.2 Å². The number of aliphatic hydroxyl groups excluding tert-OH is 2. The Balaban J connectivity index is 3.16. The number of hydrogen-bond donors (Lipinski definition) is 2. The monoisotopic (exact) mass is 333 g/mol. The first-order chi connectivity index (χ1) is 10.8. The van der Waals surface area contributed by atoms with Crippen molar-refractivity contribution in [3.8, 4) is 0 Å². The summed E-state index contributed by atoms with van der Waals surface area (Å²) in [6, 6.07) is 0. The van der Waals surface area contributed by atoms with E-state index in [2.05, 4.69) is 11.8 Å². The number of nitrogens with zero attached hydrogens (tertiary/aromatic N) is 1. The molecule has 0 bridgehead atoms. The summed E-state index contributed by atoms with van der Waals surface area (Å²) in [6.07, 6.45) is 14.0. The second-order valence-corrected chi connectivity index (χ2v) is 7.31. The van der Waals surface area contributed by atoms with Gasteiger partial charge in [-0.2, -0.15) is 11.8 Å². The van der Waals surface area contributed by atoms with Crippen LogP contribution in [0.2, 0.25) is 0 Å². The Bertz CT molecular complexity index is 200. The van der Waals surface area contributed by atoms with Gasteiger partial charge in [0.05, 0.1) is 13.2 Å². The smallest absolute Gasteiger partial charge is 0.0558 e. The fraction of sp³-hybridized carbons (Fsp3) is 1.00. The molecule has 0 aliphatic heterocycles. The van der Waals surface area contributed by atoms with Crippen LogP contribution in [0.1, 0.15) is 71.1 Å². The lowest BCUT2D eigenvalue weighted by Gasteiger charge is -2.19. The van der Waals surface area contributed by atoms with Crippen molar-refractivity contribution in [1.82, 2.24) is 4.90 Å². The minimum absolute atomic E-state index is 0.184. The van der Waals surface area contributed by atoms with Crippen molar-refractivity contribution >= 4 is 11.8 Å². The molecule has 0 aliphatic carbocycles. The lowest BCUT2D eigenvalue weighted by molar-refractivity contribution is 0.167. The first kappa shape index (κ1) is 22.2. The Labute approximate surface area is 142 Å². The molecule has 0 spiro atoms. The van der Waals surface area contributed by atoms with Crippen LogP contribution < -0.4 is 0 Å². The molecule has 0 aromatic rings. The van der Waals surface area contributed by atoms with Gasteiger partial charge < -0.3 is 10.2 Å². The summed E-state index contributed by atoms with van der Waals surface area (Å²) in [5.74, 6) is 2.36. The normalized spacial score (nSPS) is 11.5. The van der Waals surface area contributed by atoms with E-state index in [4.69, 9.17) is 10.2 Å². The summed E-state index contributed by atoms with van der Waals surface area (Å²) < 4.78 is 0. The predicted molar refractivity (Wildman–Crippen MR) is 99.8 cm³/mol. The quantitative estimate of drug-likeness (QED) is 0.373. The average Bonchev–Trinajstić information content (AvgIpc) is 2.52. The SMILES string of the molecule is CCCCCCCCCCCCSCCN(CCO)CCO. The third kappa shape index (κ3) is 16.6. The highest BCUT2D eigenvalue weighted by Crippen LogP contribution is 2.12. The number of aliphatic hydroxyl groups is 2. The Morgan fingerprint density at radius 3 is 1.64 bits per heavy atom. The van der Waals surface area contributed by atoms with Crippen LogP contribution in [0.4, 0.5) is 0 Å². The molecular formula is C18H39NO2S. The van der Waals surface area contributed by atoms with Crippen LogP contribution in [0.5, 0.6) is 0 Å². The minimum atomic E-state index is 0.184. The van der Waals surface area contributed by atoms with E-state index in [1.54, 1.807) is 0 Å². The fourth-order valence-electron chi connectivity index (χ4n) is 2.61. The molecule has 0 heterocycles. The van der Waals surface area contributed by atoms with E-state index in [0.29, 0.717) is 13.1 Å². The zero-order chi connectivity index (χ0) is 16.3. The number of rotatable bonds is 18. The van der Waals surface area contributed by atoms with Gasteiger partial charge in [0.2, 0.25) is 0 Å². The Morgan fingerprint density at radius 2 is 1.14 bits per heavy atom. The van der Waals surface area contributed by atoms with E-state index < -0.39 is 0 Å².